The van der Waals surface area contributed by atoms with Gasteiger partial charge in [0.2, 0.25) is 0 Å². The van der Waals surface area contributed by atoms with E-state index in [2.05, 4.69) is 32.6 Å². The number of imidazole rings is 1. The number of aromatic nitrogens is 6. The Morgan fingerprint density at radius 2 is 1.97 bits per heavy atom. The summed E-state index contributed by atoms with van der Waals surface area (Å²) in [5, 5.41) is 1.26. The summed E-state index contributed by atoms with van der Waals surface area (Å²) in [5.41, 5.74) is 2.20. The van der Waals surface area contributed by atoms with Crippen molar-refractivity contribution < 1.29 is 0 Å². The second-order valence-electron chi connectivity index (χ2n) is 8.63. The molecular weight excluding hydrogens is 418 g/mol. The lowest BCUT2D eigenvalue weighted by Gasteiger charge is -2.37. The molecule has 7 nitrogen and oxygen atoms in total. The van der Waals surface area contributed by atoms with Crippen molar-refractivity contribution in [2.24, 2.45) is 0 Å². The smallest absolute Gasteiger partial charge is 0.183 e. The fourth-order valence-electron chi connectivity index (χ4n) is 5.21. The lowest BCUT2D eigenvalue weighted by Crippen LogP contribution is -2.36. The Balaban J connectivity index is 1.56. The quantitative estimate of drug-likeness (QED) is 0.441. The number of hydrogen-bond donors (Lipinski definition) is 0. The number of fused-ring (bicyclic) bond motifs is 3. The second kappa shape index (κ2) is 8.24. The third-order valence-electron chi connectivity index (χ3n) is 6.75. The standard InChI is InChI=1S/C24H27N7S/c1-2-30-14-12-27-22(30)18-8-5-6-13-31(18)23-20-16-7-3-4-9-19(16)32-24(20)29-21(28-23)17-15-25-10-11-26-17/h10-12,14-15,18H,2-9,13H2,1H3. The SMILES string of the molecule is CCn1ccnc1C1CCCCN1c1nc(-c2cnccn2)nc2sc3c(c12)CCCC3. The Kier molecular flexibility index (Phi) is 5.09. The minimum Gasteiger partial charge on any atom is -0.346 e. The highest BCUT2D eigenvalue weighted by Gasteiger charge is 2.32. The Morgan fingerprint density at radius 1 is 1.03 bits per heavy atom. The van der Waals surface area contributed by atoms with Gasteiger partial charge in [-0.3, -0.25) is 4.98 Å². The molecule has 0 aromatic carbocycles. The molecule has 1 aliphatic carbocycles. The summed E-state index contributed by atoms with van der Waals surface area (Å²) in [6, 6.07) is 0.227. The molecule has 0 bridgehead atoms. The van der Waals surface area contributed by atoms with Crippen LogP contribution in [0.1, 0.15) is 61.3 Å². The van der Waals surface area contributed by atoms with Gasteiger partial charge in [0.25, 0.3) is 0 Å². The molecule has 1 atom stereocenters. The number of thiophene rings is 1. The van der Waals surface area contributed by atoms with Crippen LogP contribution in [0.3, 0.4) is 0 Å². The number of nitrogens with zero attached hydrogens (tertiary/aromatic N) is 7. The van der Waals surface area contributed by atoms with Crippen LogP contribution in [-0.2, 0) is 19.4 Å². The molecule has 0 spiro atoms. The lowest BCUT2D eigenvalue weighted by atomic mass is 9.95. The van der Waals surface area contributed by atoms with E-state index < -0.39 is 0 Å². The first-order valence-electron chi connectivity index (χ1n) is 11.7. The fraction of sp³-hybridized carbons (Fsp3) is 0.458. The van der Waals surface area contributed by atoms with Crippen LogP contribution in [0.2, 0.25) is 0 Å². The van der Waals surface area contributed by atoms with E-state index in [4.69, 9.17) is 15.0 Å². The third kappa shape index (κ3) is 3.28. The first kappa shape index (κ1) is 19.8. The highest BCUT2D eigenvalue weighted by atomic mass is 32.1. The van der Waals surface area contributed by atoms with Gasteiger partial charge >= 0.3 is 0 Å². The molecule has 164 valence electrons. The minimum absolute atomic E-state index is 0.227. The molecule has 0 amide bonds. The predicted molar refractivity (Wildman–Crippen MR) is 127 cm³/mol. The molecule has 0 radical (unpaired) electrons. The van der Waals surface area contributed by atoms with Crippen molar-refractivity contribution in [3.63, 3.8) is 0 Å². The largest absolute Gasteiger partial charge is 0.346 e. The van der Waals surface area contributed by atoms with Crippen molar-refractivity contribution in [3.8, 4) is 11.5 Å². The molecule has 1 saturated heterocycles. The Hall–Kier alpha value is -2.87. The van der Waals surface area contributed by atoms with Crippen LogP contribution < -0.4 is 4.90 Å². The molecule has 0 saturated carbocycles. The van der Waals surface area contributed by atoms with Crippen LogP contribution in [-0.4, -0.2) is 36.0 Å². The normalized spacial score (nSPS) is 18.8. The van der Waals surface area contributed by atoms with E-state index in [1.807, 2.05) is 17.5 Å². The summed E-state index contributed by atoms with van der Waals surface area (Å²) >= 11 is 1.85. The van der Waals surface area contributed by atoms with E-state index in [9.17, 15) is 0 Å². The van der Waals surface area contributed by atoms with Gasteiger partial charge in [-0.05, 0) is 57.4 Å². The van der Waals surface area contributed by atoms with Gasteiger partial charge < -0.3 is 9.47 Å². The topological polar surface area (TPSA) is 72.6 Å². The Labute approximate surface area is 191 Å². The molecule has 1 fully saturated rings. The van der Waals surface area contributed by atoms with Crippen LogP contribution >= 0.6 is 11.3 Å². The average molecular weight is 446 g/mol. The summed E-state index contributed by atoms with van der Waals surface area (Å²) < 4.78 is 2.27. The molecule has 5 heterocycles. The Morgan fingerprint density at radius 3 is 2.84 bits per heavy atom. The van der Waals surface area contributed by atoms with Gasteiger partial charge in [0.1, 0.15) is 22.2 Å². The number of aryl methyl sites for hydroxylation is 3. The van der Waals surface area contributed by atoms with E-state index in [0.717, 1.165) is 54.5 Å². The summed E-state index contributed by atoms with van der Waals surface area (Å²) in [6.45, 7) is 4.10. The predicted octanol–water partition coefficient (Wildman–Crippen LogP) is 4.98. The number of hydrogen-bond acceptors (Lipinski definition) is 7. The summed E-state index contributed by atoms with van der Waals surface area (Å²) in [4.78, 5) is 28.8. The zero-order valence-corrected chi connectivity index (χ0v) is 19.2. The van der Waals surface area contributed by atoms with Crippen LogP contribution in [0.15, 0.2) is 31.0 Å². The van der Waals surface area contributed by atoms with Gasteiger partial charge in [-0.25, -0.2) is 19.9 Å². The highest BCUT2D eigenvalue weighted by Crippen LogP contribution is 2.44. The zero-order chi connectivity index (χ0) is 21.5. The molecular formula is C24H27N7S. The Bertz CT molecular complexity index is 1250. The summed E-state index contributed by atoms with van der Waals surface area (Å²) in [5.74, 6) is 2.87. The van der Waals surface area contributed by atoms with Crippen molar-refractivity contribution >= 4 is 27.4 Å². The molecule has 2 aliphatic rings. The van der Waals surface area contributed by atoms with Crippen LogP contribution in [0.4, 0.5) is 5.82 Å². The zero-order valence-electron chi connectivity index (χ0n) is 18.4. The monoisotopic (exact) mass is 445 g/mol. The van der Waals surface area contributed by atoms with Crippen LogP contribution in [0.25, 0.3) is 21.7 Å². The first-order valence-corrected chi connectivity index (χ1v) is 12.5. The van der Waals surface area contributed by atoms with Crippen LogP contribution in [0, 0.1) is 0 Å². The van der Waals surface area contributed by atoms with Crippen molar-refractivity contribution in [1.29, 1.82) is 0 Å². The summed E-state index contributed by atoms with van der Waals surface area (Å²) in [6.07, 6.45) is 17.4. The lowest BCUT2D eigenvalue weighted by molar-refractivity contribution is 0.440. The van der Waals surface area contributed by atoms with Crippen molar-refractivity contribution in [2.75, 3.05) is 11.4 Å². The van der Waals surface area contributed by atoms with Crippen molar-refractivity contribution in [3.05, 3.63) is 47.2 Å². The van der Waals surface area contributed by atoms with Gasteiger partial charge in [-0.2, -0.15) is 0 Å². The van der Waals surface area contributed by atoms with Gasteiger partial charge in [-0.15, -0.1) is 11.3 Å². The van der Waals surface area contributed by atoms with Crippen molar-refractivity contribution in [2.45, 2.75) is 64.5 Å². The number of anilines is 1. The van der Waals surface area contributed by atoms with E-state index >= 15 is 0 Å². The number of piperidine rings is 1. The molecule has 1 aliphatic heterocycles. The molecule has 4 aromatic heterocycles. The van der Waals surface area contributed by atoms with Crippen LogP contribution in [0.5, 0.6) is 0 Å². The fourth-order valence-corrected chi connectivity index (χ4v) is 6.47. The van der Waals surface area contributed by atoms with E-state index in [-0.39, 0.29) is 6.04 Å². The first-order chi connectivity index (χ1) is 15.8. The maximum absolute atomic E-state index is 5.17. The molecule has 8 heteroatoms. The van der Waals surface area contributed by atoms with Gasteiger partial charge in [0.15, 0.2) is 5.82 Å². The van der Waals surface area contributed by atoms with E-state index in [0.29, 0.717) is 5.82 Å². The van der Waals surface area contributed by atoms with E-state index in [1.54, 1.807) is 18.6 Å². The highest BCUT2D eigenvalue weighted by molar-refractivity contribution is 7.19. The average Bonchev–Trinajstić information content (AvgIpc) is 3.48. The molecule has 4 aromatic rings. The second-order valence-corrected chi connectivity index (χ2v) is 9.71. The van der Waals surface area contributed by atoms with Gasteiger partial charge in [-0.1, -0.05) is 0 Å². The maximum atomic E-state index is 5.17. The molecule has 1 unspecified atom stereocenters. The van der Waals surface area contributed by atoms with Gasteiger partial charge in [0.05, 0.1) is 17.6 Å². The number of rotatable bonds is 4. The van der Waals surface area contributed by atoms with E-state index in [1.165, 1.54) is 41.5 Å². The molecule has 32 heavy (non-hydrogen) atoms. The molecule has 6 rings (SSSR count). The summed E-state index contributed by atoms with van der Waals surface area (Å²) in [7, 11) is 0. The minimum atomic E-state index is 0.227. The third-order valence-corrected chi connectivity index (χ3v) is 7.93. The molecule has 0 N–H and O–H groups in total. The maximum Gasteiger partial charge on any atom is 0.183 e. The van der Waals surface area contributed by atoms with Gasteiger partial charge in [0, 0.05) is 42.8 Å². The van der Waals surface area contributed by atoms with Crippen molar-refractivity contribution in [1.82, 2.24) is 29.5 Å².